The van der Waals surface area contributed by atoms with Crippen molar-refractivity contribution in [2.75, 3.05) is 40.0 Å². The first-order valence-corrected chi connectivity index (χ1v) is 10.5. The van der Waals surface area contributed by atoms with E-state index in [0.717, 1.165) is 56.0 Å². The summed E-state index contributed by atoms with van der Waals surface area (Å²) in [5.41, 5.74) is 2.28. The van der Waals surface area contributed by atoms with Crippen molar-refractivity contribution in [3.8, 4) is 5.75 Å². The van der Waals surface area contributed by atoms with Crippen molar-refractivity contribution in [1.29, 1.82) is 0 Å². The summed E-state index contributed by atoms with van der Waals surface area (Å²) in [7, 11) is 1.69. The van der Waals surface area contributed by atoms with Gasteiger partial charge in [-0.1, -0.05) is 42.5 Å². The Labute approximate surface area is 173 Å². The Balaban J connectivity index is 1.50. The van der Waals surface area contributed by atoms with E-state index >= 15 is 0 Å². The van der Waals surface area contributed by atoms with E-state index in [1.807, 2.05) is 30.3 Å². The van der Waals surface area contributed by atoms with Crippen LogP contribution in [-0.4, -0.2) is 50.8 Å². The van der Waals surface area contributed by atoms with Gasteiger partial charge in [-0.15, -0.1) is 0 Å². The summed E-state index contributed by atoms with van der Waals surface area (Å²) in [6.45, 7) is 3.76. The van der Waals surface area contributed by atoms with E-state index in [4.69, 9.17) is 9.47 Å². The Bertz CT molecular complexity index is 801. The first-order valence-electron chi connectivity index (χ1n) is 10.5. The molecular formula is C24H30N2O3. The molecule has 2 unspecified atom stereocenters. The van der Waals surface area contributed by atoms with E-state index in [2.05, 4.69) is 34.5 Å². The molecule has 29 heavy (non-hydrogen) atoms. The van der Waals surface area contributed by atoms with Crippen molar-refractivity contribution in [2.45, 2.75) is 24.8 Å². The molecule has 1 saturated carbocycles. The number of amides is 1. The molecule has 5 heteroatoms. The fourth-order valence-corrected chi connectivity index (χ4v) is 4.23. The number of carbonyl (C=O) groups is 1. The molecule has 0 aromatic heterocycles. The lowest BCUT2D eigenvalue weighted by atomic mass is 9.93. The molecule has 1 N–H and O–H groups in total. The predicted molar refractivity (Wildman–Crippen MR) is 113 cm³/mol. The van der Waals surface area contributed by atoms with Crippen LogP contribution in [0.2, 0.25) is 0 Å². The van der Waals surface area contributed by atoms with Crippen LogP contribution in [0, 0.1) is 5.92 Å². The maximum atomic E-state index is 13.2. The molecule has 2 atom stereocenters. The zero-order valence-corrected chi connectivity index (χ0v) is 17.0. The fourth-order valence-electron chi connectivity index (χ4n) is 4.23. The number of rotatable bonds is 8. The molecule has 0 radical (unpaired) electrons. The summed E-state index contributed by atoms with van der Waals surface area (Å²) in [5, 5.41) is 3.27. The lowest BCUT2D eigenvalue weighted by Gasteiger charge is -2.35. The summed E-state index contributed by atoms with van der Waals surface area (Å²) < 4.78 is 11.0. The van der Waals surface area contributed by atoms with Gasteiger partial charge >= 0.3 is 0 Å². The third kappa shape index (κ3) is 4.98. The van der Waals surface area contributed by atoms with E-state index in [1.54, 1.807) is 7.11 Å². The molecule has 2 aliphatic rings. The summed E-state index contributed by atoms with van der Waals surface area (Å²) >= 11 is 0. The predicted octanol–water partition coefficient (Wildman–Crippen LogP) is 3.38. The lowest BCUT2D eigenvalue weighted by Crippen LogP contribution is -2.44. The van der Waals surface area contributed by atoms with Gasteiger partial charge in [-0.2, -0.15) is 0 Å². The second-order valence-corrected chi connectivity index (χ2v) is 7.91. The van der Waals surface area contributed by atoms with Crippen LogP contribution in [0.3, 0.4) is 0 Å². The Hall–Kier alpha value is -2.37. The Kier molecular flexibility index (Phi) is 6.47. The molecule has 154 valence electrons. The van der Waals surface area contributed by atoms with Gasteiger partial charge in [-0.25, -0.2) is 0 Å². The number of nitrogens with zero attached hydrogens (tertiary/aromatic N) is 1. The lowest BCUT2D eigenvalue weighted by molar-refractivity contribution is -0.123. The molecule has 0 spiro atoms. The highest BCUT2D eigenvalue weighted by atomic mass is 16.5. The van der Waals surface area contributed by atoms with Gasteiger partial charge in [0.1, 0.15) is 5.75 Å². The molecule has 4 rings (SSSR count). The molecule has 2 fully saturated rings. The molecule has 1 aliphatic carbocycles. The van der Waals surface area contributed by atoms with Gasteiger partial charge in [0.05, 0.1) is 32.3 Å². The van der Waals surface area contributed by atoms with Crippen LogP contribution in [-0.2, 0) is 9.53 Å². The van der Waals surface area contributed by atoms with Crippen LogP contribution in [0.15, 0.2) is 54.6 Å². The summed E-state index contributed by atoms with van der Waals surface area (Å²) in [4.78, 5) is 15.6. The number of benzene rings is 2. The van der Waals surface area contributed by atoms with Crippen LogP contribution in [0.25, 0.3) is 0 Å². The van der Waals surface area contributed by atoms with E-state index in [1.165, 1.54) is 0 Å². The maximum Gasteiger partial charge on any atom is 0.227 e. The van der Waals surface area contributed by atoms with Gasteiger partial charge in [0.15, 0.2) is 0 Å². The zero-order valence-electron chi connectivity index (χ0n) is 17.0. The average molecular weight is 395 g/mol. The Morgan fingerprint density at radius 2 is 1.83 bits per heavy atom. The minimum absolute atomic E-state index is 0.0492. The largest absolute Gasteiger partial charge is 0.497 e. The molecule has 5 nitrogen and oxygen atoms in total. The Morgan fingerprint density at radius 3 is 2.52 bits per heavy atom. The van der Waals surface area contributed by atoms with Crippen molar-refractivity contribution < 1.29 is 14.3 Å². The number of ether oxygens (including phenoxy) is 2. The third-order valence-electron chi connectivity index (χ3n) is 5.97. The zero-order chi connectivity index (χ0) is 20.1. The van der Waals surface area contributed by atoms with Crippen LogP contribution >= 0.6 is 0 Å². The SMILES string of the molecule is COc1cccc(C(CNC(=O)C(c2ccccc2)C2CC2)N2CCOCC2)c1. The molecular weight excluding hydrogens is 364 g/mol. The molecule has 1 amide bonds. The monoisotopic (exact) mass is 394 g/mol. The van der Waals surface area contributed by atoms with E-state index in [0.29, 0.717) is 12.5 Å². The molecule has 2 aromatic rings. The average Bonchev–Trinajstić information content (AvgIpc) is 3.61. The maximum absolute atomic E-state index is 13.2. The van der Waals surface area contributed by atoms with E-state index in [-0.39, 0.29) is 17.9 Å². The van der Waals surface area contributed by atoms with E-state index < -0.39 is 0 Å². The second-order valence-electron chi connectivity index (χ2n) is 7.91. The topological polar surface area (TPSA) is 50.8 Å². The smallest absolute Gasteiger partial charge is 0.227 e. The van der Waals surface area contributed by atoms with Crippen molar-refractivity contribution in [3.05, 3.63) is 65.7 Å². The van der Waals surface area contributed by atoms with Crippen molar-refractivity contribution in [2.24, 2.45) is 5.92 Å². The highest BCUT2D eigenvalue weighted by Gasteiger charge is 2.37. The van der Waals surface area contributed by atoms with Gasteiger partial charge in [0.2, 0.25) is 5.91 Å². The normalized spacial score (nSPS) is 19.3. The molecule has 1 saturated heterocycles. The molecule has 2 aromatic carbocycles. The van der Waals surface area contributed by atoms with Crippen LogP contribution < -0.4 is 10.1 Å². The first kappa shape index (κ1) is 19.9. The van der Waals surface area contributed by atoms with Crippen LogP contribution in [0.1, 0.15) is 35.9 Å². The number of morpholine rings is 1. The number of hydrogen-bond donors (Lipinski definition) is 1. The number of nitrogens with one attached hydrogen (secondary N) is 1. The van der Waals surface area contributed by atoms with Crippen molar-refractivity contribution in [3.63, 3.8) is 0 Å². The van der Waals surface area contributed by atoms with Gasteiger partial charge in [-0.3, -0.25) is 9.69 Å². The third-order valence-corrected chi connectivity index (χ3v) is 5.97. The molecule has 1 heterocycles. The summed E-state index contributed by atoms with van der Waals surface area (Å²) in [5.74, 6) is 1.40. The van der Waals surface area contributed by atoms with Crippen LogP contribution in [0.4, 0.5) is 0 Å². The summed E-state index contributed by atoms with van der Waals surface area (Å²) in [6.07, 6.45) is 2.27. The number of carbonyl (C=O) groups excluding carboxylic acids is 1. The number of hydrogen-bond acceptors (Lipinski definition) is 4. The first-order chi connectivity index (χ1) is 14.3. The molecule has 0 bridgehead atoms. The van der Waals surface area contributed by atoms with Gasteiger partial charge < -0.3 is 14.8 Å². The fraction of sp³-hybridized carbons (Fsp3) is 0.458. The standard InChI is InChI=1S/C24H30N2O3/c1-28-21-9-5-8-20(16-21)22(26-12-14-29-15-13-26)17-25-24(27)23(19-10-11-19)18-6-3-2-4-7-18/h2-9,16,19,22-23H,10-15,17H2,1H3,(H,25,27). The van der Waals surface area contributed by atoms with E-state index in [9.17, 15) is 4.79 Å². The Morgan fingerprint density at radius 1 is 1.10 bits per heavy atom. The summed E-state index contributed by atoms with van der Waals surface area (Å²) in [6, 6.07) is 18.4. The van der Waals surface area contributed by atoms with Gasteiger partial charge in [0, 0.05) is 19.6 Å². The molecule has 1 aliphatic heterocycles. The number of methoxy groups -OCH3 is 1. The van der Waals surface area contributed by atoms with Crippen LogP contribution in [0.5, 0.6) is 5.75 Å². The van der Waals surface area contributed by atoms with Crippen molar-refractivity contribution >= 4 is 5.91 Å². The highest BCUT2D eigenvalue weighted by molar-refractivity contribution is 5.84. The second kappa shape index (κ2) is 9.42. The minimum Gasteiger partial charge on any atom is -0.497 e. The minimum atomic E-state index is -0.0492. The quantitative estimate of drug-likeness (QED) is 0.746. The van der Waals surface area contributed by atoms with Crippen molar-refractivity contribution in [1.82, 2.24) is 10.2 Å². The van der Waals surface area contributed by atoms with Gasteiger partial charge in [-0.05, 0) is 42.0 Å². The highest BCUT2D eigenvalue weighted by Crippen LogP contribution is 2.42. The van der Waals surface area contributed by atoms with Gasteiger partial charge in [0.25, 0.3) is 0 Å².